The number of methoxy groups -OCH3 is 1. The Morgan fingerprint density at radius 2 is 2.00 bits per heavy atom. The molecule has 0 saturated heterocycles. The van der Waals surface area contributed by atoms with Gasteiger partial charge in [-0.2, -0.15) is 0 Å². The van der Waals surface area contributed by atoms with Crippen LogP contribution in [-0.4, -0.2) is 24.1 Å². The molecule has 0 radical (unpaired) electrons. The summed E-state index contributed by atoms with van der Waals surface area (Å²) in [6, 6.07) is 7.61. The van der Waals surface area contributed by atoms with E-state index < -0.39 is 6.10 Å². The van der Waals surface area contributed by atoms with Crippen molar-refractivity contribution in [2.45, 2.75) is 32.3 Å². The molecule has 88 valence electrons. The number of aliphatic hydroxyl groups is 1. The van der Waals surface area contributed by atoms with Crippen molar-refractivity contribution in [3.63, 3.8) is 0 Å². The van der Waals surface area contributed by atoms with Gasteiger partial charge < -0.3 is 9.84 Å². The monoisotopic (exact) mass is 222 g/mol. The molecule has 0 aliphatic heterocycles. The Balaban J connectivity index is 2.45. The molecular weight excluding hydrogens is 204 g/mol. The molecule has 0 amide bonds. The van der Waals surface area contributed by atoms with E-state index in [1.807, 2.05) is 24.3 Å². The van der Waals surface area contributed by atoms with Crippen LogP contribution >= 0.6 is 0 Å². The van der Waals surface area contributed by atoms with E-state index in [0.29, 0.717) is 19.3 Å². The summed E-state index contributed by atoms with van der Waals surface area (Å²) < 4.78 is 5.04. The Labute approximate surface area is 96.1 Å². The van der Waals surface area contributed by atoms with Gasteiger partial charge in [0.1, 0.15) is 11.9 Å². The zero-order valence-electron chi connectivity index (χ0n) is 9.77. The highest BCUT2D eigenvalue weighted by atomic mass is 16.5. The number of aryl methyl sites for hydroxylation is 1. The van der Waals surface area contributed by atoms with E-state index in [0.717, 1.165) is 11.3 Å². The average molecular weight is 222 g/mol. The molecule has 0 aliphatic carbocycles. The van der Waals surface area contributed by atoms with Gasteiger partial charge in [-0.25, -0.2) is 0 Å². The van der Waals surface area contributed by atoms with Gasteiger partial charge in [-0.05, 0) is 30.5 Å². The molecule has 0 aliphatic rings. The van der Waals surface area contributed by atoms with Crippen LogP contribution in [0.3, 0.4) is 0 Å². The second kappa shape index (κ2) is 6.28. The van der Waals surface area contributed by atoms with Crippen molar-refractivity contribution in [1.29, 1.82) is 0 Å². The van der Waals surface area contributed by atoms with Gasteiger partial charge in [0.05, 0.1) is 7.11 Å². The zero-order valence-corrected chi connectivity index (χ0v) is 9.77. The van der Waals surface area contributed by atoms with Crippen molar-refractivity contribution >= 4 is 5.78 Å². The third-order valence-corrected chi connectivity index (χ3v) is 2.58. The second-order valence-corrected chi connectivity index (χ2v) is 3.74. The Morgan fingerprint density at radius 3 is 2.50 bits per heavy atom. The summed E-state index contributed by atoms with van der Waals surface area (Å²) >= 11 is 0. The lowest BCUT2D eigenvalue weighted by molar-refractivity contribution is -0.127. The predicted octanol–water partition coefficient (Wildman–Crippen LogP) is 1.97. The smallest absolute Gasteiger partial charge is 0.161 e. The Kier molecular flexibility index (Phi) is 4.99. The topological polar surface area (TPSA) is 46.5 Å². The number of rotatable bonds is 6. The summed E-state index contributed by atoms with van der Waals surface area (Å²) in [6.45, 7) is 1.80. The van der Waals surface area contributed by atoms with Crippen molar-refractivity contribution in [2.24, 2.45) is 0 Å². The van der Waals surface area contributed by atoms with Gasteiger partial charge in [0.15, 0.2) is 5.78 Å². The van der Waals surface area contributed by atoms with Crippen LogP contribution in [0.5, 0.6) is 5.75 Å². The molecule has 1 N–H and O–H groups in total. The van der Waals surface area contributed by atoms with Gasteiger partial charge in [-0.15, -0.1) is 0 Å². The van der Waals surface area contributed by atoms with E-state index in [2.05, 4.69) is 0 Å². The number of aliphatic hydroxyl groups excluding tert-OH is 1. The molecular formula is C13H18O3. The van der Waals surface area contributed by atoms with Crippen LogP contribution in [0, 0.1) is 0 Å². The van der Waals surface area contributed by atoms with Crippen molar-refractivity contribution in [1.82, 2.24) is 0 Å². The molecule has 16 heavy (non-hydrogen) atoms. The predicted molar refractivity (Wildman–Crippen MR) is 62.6 cm³/mol. The normalized spacial score (nSPS) is 12.2. The van der Waals surface area contributed by atoms with Gasteiger partial charge in [-0.3, -0.25) is 4.79 Å². The van der Waals surface area contributed by atoms with Crippen LogP contribution in [0.1, 0.15) is 25.3 Å². The summed E-state index contributed by atoms with van der Waals surface area (Å²) in [7, 11) is 1.62. The number of hydrogen-bond acceptors (Lipinski definition) is 3. The SMILES string of the molecule is CCC(O)C(=O)CCc1ccc(OC)cc1. The van der Waals surface area contributed by atoms with Crippen molar-refractivity contribution in [2.75, 3.05) is 7.11 Å². The van der Waals surface area contributed by atoms with Crippen molar-refractivity contribution in [3.8, 4) is 5.75 Å². The van der Waals surface area contributed by atoms with Gasteiger partial charge >= 0.3 is 0 Å². The molecule has 0 bridgehead atoms. The van der Waals surface area contributed by atoms with E-state index in [-0.39, 0.29) is 5.78 Å². The van der Waals surface area contributed by atoms with Crippen LogP contribution < -0.4 is 4.74 Å². The first kappa shape index (κ1) is 12.7. The standard InChI is InChI=1S/C13H18O3/c1-3-12(14)13(15)9-6-10-4-7-11(16-2)8-5-10/h4-5,7-8,12,14H,3,6,9H2,1-2H3. The van der Waals surface area contributed by atoms with Crippen LogP contribution in [0.2, 0.25) is 0 Å². The van der Waals surface area contributed by atoms with Gasteiger partial charge in [0.25, 0.3) is 0 Å². The van der Waals surface area contributed by atoms with E-state index >= 15 is 0 Å². The molecule has 1 unspecified atom stereocenters. The molecule has 0 fully saturated rings. The summed E-state index contributed by atoms with van der Waals surface area (Å²) in [5.74, 6) is 0.724. The fourth-order valence-electron chi connectivity index (χ4n) is 1.45. The molecule has 0 aromatic heterocycles. The maximum atomic E-state index is 11.4. The molecule has 0 heterocycles. The molecule has 1 atom stereocenters. The highest BCUT2D eigenvalue weighted by Gasteiger charge is 2.11. The molecule has 0 saturated carbocycles. The lowest BCUT2D eigenvalue weighted by Crippen LogP contribution is -2.19. The molecule has 0 spiro atoms. The third kappa shape index (κ3) is 3.66. The van der Waals surface area contributed by atoms with E-state index in [1.165, 1.54) is 0 Å². The highest BCUT2D eigenvalue weighted by molar-refractivity contribution is 5.82. The summed E-state index contributed by atoms with van der Waals surface area (Å²) in [4.78, 5) is 11.4. The van der Waals surface area contributed by atoms with Crippen molar-refractivity contribution in [3.05, 3.63) is 29.8 Å². The Morgan fingerprint density at radius 1 is 1.38 bits per heavy atom. The van der Waals surface area contributed by atoms with Crippen LogP contribution in [0.25, 0.3) is 0 Å². The summed E-state index contributed by atoms with van der Waals surface area (Å²) in [5.41, 5.74) is 1.08. The highest BCUT2D eigenvalue weighted by Crippen LogP contribution is 2.13. The number of carbonyl (C=O) groups excluding carboxylic acids is 1. The van der Waals surface area contributed by atoms with Crippen LogP contribution in [-0.2, 0) is 11.2 Å². The minimum absolute atomic E-state index is 0.0849. The molecule has 1 aromatic carbocycles. The first-order valence-electron chi connectivity index (χ1n) is 5.51. The lowest BCUT2D eigenvalue weighted by Gasteiger charge is -2.06. The second-order valence-electron chi connectivity index (χ2n) is 3.74. The number of benzene rings is 1. The molecule has 3 heteroatoms. The minimum atomic E-state index is -0.807. The van der Waals surface area contributed by atoms with Gasteiger partial charge in [-0.1, -0.05) is 19.1 Å². The number of hydrogen-bond donors (Lipinski definition) is 1. The summed E-state index contributed by atoms with van der Waals surface area (Å²) in [6.07, 6.45) is 0.737. The van der Waals surface area contributed by atoms with E-state index in [4.69, 9.17) is 4.74 Å². The Hall–Kier alpha value is -1.35. The minimum Gasteiger partial charge on any atom is -0.497 e. The third-order valence-electron chi connectivity index (χ3n) is 2.58. The largest absolute Gasteiger partial charge is 0.497 e. The fraction of sp³-hybridized carbons (Fsp3) is 0.462. The maximum Gasteiger partial charge on any atom is 0.161 e. The lowest BCUT2D eigenvalue weighted by atomic mass is 10.0. The Bertz CT molecular complexity index is 330. The maximum absolute atomic E-state index is 11.4. The van der Waals surface area contributed by atoms with Crippen LogP contribution in [0.15, 0.2) is 24.3 Å². The molecule has 1 aromatic rings. The van der Waals surface area contributed by atoms with Crippen molar-refractivity contribution < 1.29 is 14.6 Å². The average Bonchev–Trinajstić information content (AvgIpc) is 2.35. The van der Waals surface area contributed by atoms with E-state index in [9.17, 15) is 9.90 Å². The first-order chi connectivity index (χ1) is 7.67. The van der Waals surface area contributed by atoms with E-state index in [1.54, 1.807) is 14.0 Å². The molecule has 3 nitrogen and oxygen atoms in total. The molecule has 1 rings (SSSR count). The first-order valence-corrected chi connectivity index (χ1v) is 5.51. The van der Waals surface area contributed by atoms with Gasteiger partial charge in [0.2, 0.25) is 0 Å². The number of ether oxygens (including phenoxy) is 1. The number of carbonyl (C=O) groups is 1. The number of ketones is 1. The quantitative estimate of drug-likeness (QED) is 0.800. The zero-order chi connectivity index (χ0) is 12.0. The number of Topliss-reactive ketones (excluding diaryl/α,β-unsaturated/α-hetero) is 1. The summed E-state index contributed by atoms with van der Waals surface area (Å²) in [5, 5.41) is 9.32. The fourth-order valence-corrected chi connectivity index (χ4v) is 1.45. The van der Waals surface area contributed by atoms with Crippen LogP contribution in [0.4, 0.5) is 0 Å². The van der Waals surface area contributed by atoms with Gasteiger partial charge in [0, 0.05) is 6.42 Å².